The van der Waals surface area contributed by atoms with Crippen LogP contribution >= 0.6 is 0 Å². The van der Waals surface area contributed by atoms with Crippen molar-refractivity contribution < 1.29 is 9.66 Å². The van der Waals surface area contributed by atoms with Gasteiger partial charge < -0.3 is 15.4 Å². The lowest BCUT2D eigenvalue weighted by atomic mass is 10.3. The molecule has 0 spiro atoms. The average Bonchev–Trinajstić information content (AvgIpc) is 2.34. The minimum absolute atomic E-state index is 0.0994. The Hall–Kier alpha value is -1.66. The molecule has 6 nitrogen and oxygen atoms in total. The highest BCUT2D eigenvalue weighted by molar-refractivity contribution is 5.50. The van der Waals surface area contributed by atoms with Gasteiger partial charge in [0.05, 0.1) is 11.5 Å². The summed E-state index contributed by atoms with van der Waals surface area (Å²) >= 11 is 0. The molecule has 0 saturated carbocycles. The minimum Gasteiger partial charge on any atom is -0.384 e. The van der Waals surface area contributed by atoms with E-state index >= 15 is 0 Å². The number of rotatable bonds is 8. The monoisotopic (exact) mass is 239 g/mol. The molecule has 0 unspecified atom stereocenters. The van der Waals surface area contributed by atoms with Crippen LogP contribution in [0.4, 0.5) is 11.4 Å². The Morgan fingerprint density at radius 1 is 1.35 bits per heavy atom. The van der Waals surface area contributed by atoms with Crippen LogP contribution in [0.2, 0.25) is 0 Å². The second-order valence-electron chi connectivity index (χ2n) is 3.48. The van der Waals surface area contributed by atoms with Gasteiger partial charge in [-0.05, 0) is 6.07 Å². The zero-order chi connectivity index (χ0) is 12.5. The van der Waals surface area contributed by atoms with Crippen molar-refractivity contribution in [1.29, 1.82) is 0 Å². The van der Waals surface area contributed by atoms with E-state index in [0.29, 0.717) is 13.2 Å². The van der Waals surface area contributed by atoms with Crippen LogP contribution in [-0.4, -0.2) is 38.3 Å². The molecule has 2 N–H and O–H groups in total. The van der Waals surface area contributed by atoms with Crippen molar-refractivity contribution >= 4 is 11.4 Å². The number of benzene rings is 1. The number of nitro benzene ring substituents is 1. The third-order valence-corrected chi connectivity index (χ3v) is 2.17. The first-order chi connectivity index (χ1) is 8.24. The van der Waals surface area contributed by atoms with Crippen LogP contribution < -0.4 is 10.6 Å². The molecule has 1 aromatic rings. The molecule has 6 heteroatoms. The molecular formula is C11H17N3O3. The van der Waals surface area contributed by atoms with E-state index in [2.05, 4.69) is 10.6 Å². The molecular weight excluding hydrogens is 222 g/mol. The highest BCUT2D eigenvalue weighted by atomic mass is 16.6. The van der Waals surface area contributed by atoms with Gasteiger partial charge in [-0.3, -0.25) is 10.1 Å². The minimum atomic E-state index is -0.401. The van der Waals surface area contributed by atoms with E-state index in [4.69, 9.17) is 4.74 Å². The summed E-state index contributed by atoms with van der Waals surface area (Å²) in [7, 11) is 1.66. The molecule has 0 fully saturated rings. The van der Waals surface area contributed by atoms with Crippen molar-refractivity contribution in [3.05, 3.63) is 34.4 Å². The molecule has 0 aliphatic carbocycles. The van der Waals surface area contributed by atoms with Crippen LogP contribution in [0.1, 0.15) is 0 Å². The predicted octanol–water partition coefficient (Wildman–Crippen LogP) is 1.24. The maximum atomic E-state index is 10.6. The van der Waals surface area contributed by atoms with E-state index in [1.165, 1.54) is 12.1 Å². The molecule has 0 saturated heterocycles. The Labute approximate surface area is 100 Å². The summed E-state index contributed by atoms with van der Waals surface area (Å²) in [5, 5.41) is 16.8. The summed E-state index contributed by atoms with van der Waals surface area (Å²) in [6.45, 7) is 2.97. The third-order valence-electron chi connectivity index (χ3n) is 2.17. The topological polar surface area (TPSA) is 76.4 Å². The van der Waals surface area contributed by atoms with Gasteiger partial charge in [-0.1, -0.05) is 6.07 Å². The van der Waals surface area contributed by atoms with E-state index in [1.54, 1.807) is 13.2 Å². The van der Waals surface area contributed by atoms with Crippen molar-refractivity contribution in [2.24, 2.45) is 0 Å². The largest absolute Gasteiger partial charge is 0.384 e. The number of nitro groups is 1. The highest BCUT2D eigenvalue weighted by Gasteiger charge is 2.04. The molecule has 0 aliphatic heterocycles. The van der Waals surface area contributed by atoms with Gasteiger partial charge >= 0.3 is 0 Å². The molecule has 0 aliphatic rings. The zero-order valence-electron chi connectivity index (χ0n) is 9.81. The van der Waals surface area contributed by atoms with Crippen LogP contribution in [0, 0.1) is 10.1 Å². The second-order valence-corrected chi connectivity index (χ2v) is 3.48. The number of hydrogen-bond donors (Lipinski definition) is 2. The van der Waals surface area contributed by atoms with Crippen LogP contribution in [0.5, 0.6) is 0 Å². The molecule has 1 aromatic carbocycles. The van der Waals surface area contributed by atoms with Gasteiger partial charge in [-0.25, -0.2) is 0 Å². The van der Waals surface area contributed by atoms with E-state index < -0.39 is 4.92 Å². The number of anilines is 1. The van der Waals surface area contributed by atoms with Crippen LogP contribution in [0.25, 0.3) is 0 Å². The maximum Gasteiger partial charge on any atom is 0.271 e. The molecule has 17 heavy (non-hydrogen) atoms. The number of methoxy groups -OCH3 is 1. The second kappa shape index (κ2) is 7.59. The molecule has 0 aromatic heterocycles. The first-order valence-electron chi connectivity index (χ1n) is 5.42. The Morgan fingerprint density at radius 2 is 2.18 bits per heavy atom. The van der Waals surface area contributed by atoms with E-state index in [1.807, 2.05) is 6.07 Å². The molecule has 0 heterocycles. The van der Waals surface area contributed by atoms with Gasteiger partial charge in [0, 0.05) is 44.6 Å². The van der Waals surface area contributed by atoms with Gasteiger partial charge in [-0.15, -0.1) is 0 Å². The lowest BCUT2D eigenvalue weighted by molar-refractivity contribution is -0.384. The van der Waals surface area contributed by atoms with Gasteiger partial charge in [0.25, 0.3) is 5.69 Å². The van der Waals surface area contributed by atoms with Gasteiger partial charge in [0.2, 0.25) is 0 Å². The molecule has 0 bridgehead atoms. The molecule has 0 radical (unpaired) electrons. The Bertz CT molecular complexity index is 358. The fraction of sp³-hybridized carbons (Fsp3) is 0.455. The van der Waals surface area contributed by atoms with Crippen molar-refractivity contribution in [2.45, 2.75) is 0 Å². The molecule has 0 atom stereocenters. The standard InChI is InChI=1S/C11H17N3O3/c1-17-8-7-12-5-6-13-10-3-2-4-11(9-10)14(15)16/h2-4,9,12-13H,5-8H2,1H3. The summed E-state index contributed by atoms with van der Waals surface area (Å²) in [4.78, 5) is 10.2. The Balaban J connectivity index is 2.27. The number of hydrogen-bond acceptors (Lipinski definition) is 5. The maximum absolute atomic E-state index is 10.6. The van der Waals surface area contributed by atoms with E-state index in [-0.39, 0.29) is 5.69 Å². The van der Waals surface area contributed by atoms with Crippen LogP contribution in [-0.2, 0) is 4.74 Å². The number of nitrogens with one attached hydrogen (secondary N) is 2. The zero-order valence-corrected chi connectivity index (χ0v) is 9.81. The third kappa shape index (κ3) is 5.28. The van der Waals surface area contributed by atoms with E-state index in [9.17, 15) is 10.1 Å². The highest BCUT2D eigenvalue weighted by Crippen LogP contribution is 2.16. The first-order valence-corrected chi connectivity index (χ1v) is 5.42. The Kier molecular flexibility index (Phi) is 5.98. The smallest absolute Gasteiger partial charge is 0.271 e. The fourth-order valence-electron chi connectivity index (χ4n) is 1.32. The predicted molar refractivity (Wildman–Crippen MR) is 66.3 cm³/mol. The van der Waals surface area contributed by atoms with Crippen molar-refractivity contribution in [3.63, 3.8) is 0 Å². The molecule has 94 valence electrons. The quantitative estimate of drug-likeness (QED) is 0.405. The van der Waals surface area contributed by atoms with Crippen molar-refractivity contribution in [1.82, 2.24) is 5.32 Å². The first kappa shape index (κ1) is 13.4. The molecule has 0 amide bonds. The number of ether oxygens (including phenoxy) is 1. The van der Waals surface area contributed by atoms with Gasteiger partial charge in [-0.2, -0.15) is 0 Å². The number of nitrogens with zero attached hydrogens (tertiary/aromatic N) is 1. The summed E-state index contributed by atoms with van der Waals surface area (Å²) in [6, 6.07) is 6.47. The lowest BCUT2D eigenvalue weighted by Gasteiger charge is -2.07. The summed E-state index contributed by atoms with van der Waals surface area (Å²) < 4.78 is 4.89. The normalized spacial score (nSPS) is 10.2. The van der Waals surface area contributed by atoms with Crippen LogP contribution in [0.15, 0.2) is 24.3 Å². The molecule has 1 rings (SSSR count). The fourth-order valence-corrected chi connectivity index (χ4v) is 1.32. The number of non-ortho nitro benzene ring substituents is 1. The van der Waals surface area contributed by atoms with E-state index in [0.717, 1.165) is 18.8 Å². The van der Waals surface area contributed by atoms with Crippen LogP contribution in [0.3, 0.4) is 0 Å². The van der Waals surface area contributed by atoms with Crippen molar-refractivity contribution in [2.75, 3.05) is 38.7 Å². The Morgan fingerprint density at radius 3 is 2.88 bits per heavy atom. The lowest BCUT2D eigenvalue weighted by Crippen LogP contribution is -2.25. The SMILES string of the molecule is COCCNCCNc1cccc([N+](=O)[O-])c1. The summed E-state index contributed by atoms with van der Waals surface area (Å²) in [6.07, 6.45) is 0. The van der Waals surface area contributed by atoms with Gasteiger partial charge in [0.1, 0.15) is 0 Å². The average molecular weight is 239 g/mol. The summed E-state index contributed by atoms with van der Waals surface area (Å²) in [5.41, 5.74) is 0.857. The van der Waals surface area contributed by atoms with Crippen molar-refractivity contribution in [3.8, 4) is 0 Å². The summed E-state index contributed by atoms with van der Waals surface area (Å²) in [5.74, 6) is 0. The van der Waals surface area contributed by atoms with Gasteiger partial charge in [0.15, 0.2) is 0 Å².